The molecule has 1 aromatic heterocycles. The number of aromatic nitrogens is 1. The highest BCUT2D eigenvalue weighted by molar-refractivity contribution is 6.32. The van der Waals surface area contributed by atoms with Crippen LogP contribution in [0.2, 0.25) is 5.15 Å². The molecular weight excluding hydrogens is 204 g/mol. The van der Waals surface area contributed by atoms with Gasteiger partial charge in [0.15, 0.2) is 5.15 Å². The number of nitrogen functional groups attached to an aromatic ring is 1. The van der Waals surface area contributed by atoms with Crippen molar-refractivity contribution in [2.24, 2.45) is 0 Å². The summed E-state index contributed by atoms with van der Waals surface area (Å²) in [5.74, 6) is 0.348. The van der Waals surface area contributed by atoms with Gasteiger partial charge in [0.1, 0.15) is 5.75 Å². The maximum absolute atomic E-state index is 9.09. The van der Waals surface area contributed by atoms with Crippen molar-refractivity contribution in [2.75, 3.05) is 5.73 Å². The summed E-state index contributed by atoms with van der Waals surface area (Å²) < 4.78 is 4.71. The first-order valence-corrected chi connectivity index (χ1v) is 4.26. The van der Waals surface area contributed by atoms with Gasteiger partial charge in [-0.3, -0.25) is 0 Å². The van der Waals surface area contributed by atoms with Gasteiger partial charge in [-0.2, -0.15) is 0 Å². The largest absolute Gasteiger partial charge is 0.508 e. The molecule has 1 aromatic carbocycles. The zero-order chi connectivity index (χ0) is 10.1. The van der Waals surface area contributed by atoms with E-state index in [0.717, 1.165) is 5.56 Å². The topological polar surface area (TPSA) is 72.3 Å². The quantitative estimate of drug-likeness (QED) is 0.758. The van der Waals surface area contributed by atoms with Crippen LogP contribution >= 0.6 is 11.6 Å². The van der Waals surface area contributed by atoms with Crippen LogP contribution in [-0.4, -0.2) is 10.3 Å². The monoisotopic (exact) mass is 210 g/mol. The van der Waals surface area contributed by atoms with E-state index >= 15 is 0 Å². The van der Waals surface area contributed by atoms with Crippen LogP contribution in [0.3, 0.4) is 0 Å². The first kappa shape index (κ1) is 8.90. The fraction of sp³-hybridized carbons (Fsp3) is 0. The molecule has 0 aliphatic carbocycles. The summed E-state index contributed by atoms with van der Waals surface area (Å²) in [7, 11) is 0. The Labute approximate surface area is 84.9 Å². The molecule has 0 atom stereocenters. The molecule has 0 saturated heterocycles. The van der Waals surface area contributed by atoms with Gasteiger partial charge in [-0.15, -0.1) is 0 Å². The van der Waals surface area contributed by atoms with Crippen molar-refractivity contribution >= 4 is 17.5 Å². The van der Waals surface area contributed by atoms with Gasteiger partial charge >= 0.3 is 0 Å². The lowest BCUT2D eigenvalue weighted by Crippen LogP contribution is -1.84. The van der Waals surface area contributed by atoms with Gasteiger partial charge in [0.2, 0.25) is 5.88 Å². The summed E-state index contributed by atoms with van der Waals surface area (Å²) in [6.45, 7) is 0. The molecular formula is C9H7ClN2O2. The predicted octanol–water partition coefficient (Wildman–Crippen LogP) is 2.28. The van der Waals surface area contributed by atoms with E-state index in [1.165, 1.54) is 12.1 Å². The van der Waals surface area contributed by atoms with E-state index in [1.54, 1.807) is 12.1 Å². The second kappa shape index (κ2) is 3.23. The minimum atomic E-state index is 0.167. The minimum absolute atomic E-state index is 0.167. The van der Waals surface area contributed by atoms with Crippen LogP contribution in [0.5, 0.6) is 5.75 Å². The molecule has 0 saturated carbocycles. The third-order valence-electron chi connectivity index (χ3n) is 1.83. The Morgan fingerprint density at radius 3 is 2.43 bits per heavy atom. The number of phenols is 1. The number of aromatic hydroxyl groups is 1. The maximum atomic E-state index is 9.09. The standard InChI is InChI=1S/C9H7ClN2O2/c10-8-7(9(11)14-12-8)5-1-3-6(13)4-2-5/h1-4,13H,11H2. The van der Waals surface area contributed by atoms with Crippen LogP contribution in [-0.2, 0) is 0 Å². The van der Waals surface area contributed by atoms with Crippen molar-refractivity contribution in [2.45, 2.75) is 0 Å². The SMILES string of the molecule is Nc1onc(Cl)c1-c1ccc(O)cc1. The minimum Gasteiger partial charge on any atom is -0.508 e. The molecule has 1 heterocycles. The molecule has 0 unspecified atom stereocenters. The third-order valence-corrected chi connectivity index (χ3v) is 2.09. The van der Waals surface area contributed by atoms with E-state index < -0.39 is 0 Å². The van der Waals surface area contributed by atoms with Gasteiger partial charge < -0.3 is 15.4 Å². The highest BCUT2D eigenvalue weighted by atomic mass is 35.5. The molecule has 0 aliphatic heterocycles. The lowest BCUT2D eigenvalue weighted by atomic mass is 10.1. The number of nitrogens with two attached hydrogens (primary N) is 1. The molecule has 0 amide bonds. The molecule has 2 rings (SSSR count). The lowest BCUT2D eigenvalue weighted by molar-refractivity contribution is 0.437. The molecule has 2 aromatic rings. The van der Waals surface area contributed by atoms with Gasteiger partial charge in [-0.05, 0) is 17.7 Å². The number of nitrogens with zero attached hydrogens (tertiary/aromatic N) is 1. The molecule has 5 heteroatoms. The summed E-state index contributed by atoms with van der Waals surface area (Å²) >= 11 is 5.77. The summed E-state index contributed by atoms with van der Waals surface area (Å²) in [5, 5.41) is 12.8. The Morgan fingerprint density at radius 1 is 1.29 bits per heavy atom. The normalized spacial score (nSPS) is 10.4. The highest BCUT2D eigenvalue weighted by Gasteiger charge is 2.13. The second-order valence-corrected chi connectivity index (χ2v) is 3.12. The zero-order valence-corrected chi connectivity index (χ0v) is 7.82. The lowest BCUT2D eigenvalue weighted by Gasteiger charge is -1.98. The summed E-state index contributed by atoms with van der Waals surface area (Å²) in [6, 6.07) is 6.45. The van der Waals surface area contributed by atoms with Crippen LogP contribution < -0.4 is 5.73 Å². The van der Waals surface area contributed by atoms with E-state index in [1.807, 2.05) is 0 Å². The van der Waals surface area contributed by atoms with Gasteiger partial charge in [0.05, 0.1) is 5.56 Å². The zero-order valence-electron chi connectivity index (χ0n) is 7.07. The van der Waals surface area contributed by atoms with Crippen LogP contribution in [0.4, 0.5) is 5.88 Å². The average molecular weight is 211 g/mol. The molecule has 0 aliphatic rings. The van der Waals surface area contributed by atoms with Crippen LogP contribution in [0.15, 0.2) is 28.8 Å². The van der Waals surface area contributed by atoms with Crippen molar-refractivity contribution in [1.29, 1.82) is 0 Å². The van der Waals surface area contributed by atoms with E-state index in [-0.39, 0.29) is 16.8 Å². The maximum Gasteiger partial charge on any atom is 0.231 e. The number of benzene rings is 1. The molecule has 0 spiro atoms. The molecule has 4 nitrogen and oxygen atoms in total. The van der Waals surface area contributed by atoms with Crippen LogP contribution in [0, 0.1) is 0 Å². The number of hydrogen-bond donors (Lipinski definition) is 2. The Morgan fingerprint density at radius 2 is 1.93 bits per heavy atom. The second-order valence-electron chi connectivity index (χ2n) is 2.76. The van der Waals surface area contributed by atoms with Crippen LogP contribution in [0.25, 0.3) is 11.1 Å². The third kappa shape index (κ3) is 1.40. The van der Waals surface area contributed by atoms with Gasteiger partial charge in [-0.25, -0.2) is 0 Å². The van der Waals surface area contributed by atoms with Crippen molar-refractivity contribution in [1.82, 2.24) is 5.16 Å². The van der Waals surface area contributed by atoms with Gasteiger partial charge in [0.25, 0.3) is 0 Å². The number of rotatable bonds is 1. The summed E-state index contributed by atoms with van der Waals surface area (Å²) in [5.41, 5.74) is 6.84. The highest BCUT2D eigenvalue weighted by Crippen LogP contribution is 2.33. The summed E-state index contributed by atoms with van der Waals surface area (Å²) in [4.78, 5) is 0. The van der Waals surface area contributed by atoms with Crippen molar-refractivity contribution in [3.8, 4) is 16.9 Å². The first-order valence-electron chi connectivity index (χ1n) is 3.88. The molecule has 0 radical (unpaired) electrons. The Balaban J connectivity index is 2.54. The van der Waals surface area contributed by atoms with E-state index in [9.17, 15) is 0 Å². The molecule has 3 N–H and O–H groups in total. The van der Waals surface area contributed by atoms with Crippen LogP contribution in [0.1, 0.15) is 0 Å². The van der Waals surface area contributed by atoms with Crippen molar-refractivity contribution in [3.63, 3.8) is 0 Å². The number of anilines is 1. The average Bonchev–Trinajstić information content (AvgIpc) is 2.49. The number of hydrogen-bond acceptors (Lipinski definition) is 4. The smallest absolute Gasteiger partial charge is 0.231 e. The molecule has 14 heavy (non-hydrogen) atoms. The Kier molecular flexibility index (Phi) is 2.05. The fourth-order valence-corrected chi connectivity index (χ4v) is 1.41. The van der Waals surface area contributed by atoms with E-state index in [0.29, 0.717) is 5.56 Å². The summed E-state index contributed by atoms with van der Waals surface area (Å²) in [6.07, 6.45) is 0. The van der Waals surface area contributed by atoms with Gasteiger partial charge in [0, 0.05) is 0 Å². The van der Waals surface area contributed by atoms with Crippen molar-refractivity contribution in [3.05, 3.63) is 29.4 Å². The fourth-order valence-electron chi connectivity index (χ4n) is 1.17. The van der Waals surface area contributed by atoms with E-state index in [2.05, 4.69) is 5.16 Å². The molecule has 72 valence electrons. The first-order chi connectivity index (χ1) is 6.68. The number of halogens is 1. The molecule has 0 bridgehead atoms. The van der Waals surface area contributed by atoms with Crippen molar-refractivity contribution < 1.29 is 9.63 Å². The Bertz CT molecular complexity index is 431. The predicted molar refractivity (Wildman–Crippen MR) is 53.0 cm³/mol. The van der Waals surface area contributed by atoms with Gasteiger partial charge in [-0.1, -0.05) is 28.9 Å². The van der Waals surface area contributed by atoms with E-state index in [4.69, 9.17) is 27.0 Å². The number of phenolic OH excluding ortho intramolecular Hbond substituents is 1. The molecule has 0 fully saturated rings. The Hall–Kier alpha value is -1.68.